The highest BCUT2D eigenvalue weighted by Crippen LogP contribution is 2.31. The fourth-order valence-electron chi connectivity index (χ4n) is 2.23. The second-order valence-corrected chi connectivity index (χ2v) is 4.35. The Kier molecular flexibility index (Phi) is 3.72. The third-order valence-electron chi connectivity index (χ3n) is 3.04. The molecule has 0 radical (unpaired) electrons. The highest BCUT2D eigenvalue weighted by atomic mass is 16.5. The maximum absolute atomic E-state index is 11.9. The maximum Gasteiger partial charge on any atom is 0.340 e. The molecule has 0 amide bonds. The number of para-hydroxylation sites is 1. The van der Waals surface area contributed by atoms with Crippen LogP contribution in [0.15, 0.2) is 18.2 Å². The lowest BCUT2D eigenvalue weighted by molar-refractivity contribution is 0.0527. The molecular formula is C13H18N2O3. The third kappa shape index (κ3) is 2.41. The Bertz CT molecular complexity index is 448. The number of hydrogen-bond donors (Lipinski definition) is 2. The Balaban J connectivity index is 2.35. The van der Waals surface area contributed by atoms with Gasteiger partial charge in [0.15, 0.2) is 0 Å². The van der Waals surface area contributed by atoms with Gasteiger partial charge in [-0.3, -0.25) is 0 Å². The number of ether oxygens (including phenoxy) is 1. The summed E-state index contributed by atoms with van der Waals surface area (Å²) in [6.07, 6.45) is 0.330. The number of aliphatic hydroxyl groups is 1. The first-order valence-electron chi connectivity index (χ1n) is 6.12. The van der Waals surface area contributed by atoms with Crippen molar-refractivity contribution in [3.8, 4) is 0 Å². The third-order valence-corrected chi connectivity index (χ3v) is 3.04. The lowest BCUT2D eigenvalue weighted by Gasteiger charge is -2.22. The molecule has 1 fully saturated rings. The van der Waals surface area contributed by atoms with Crippen LogP contribution in [0.4, 0.5) is 11.4 Å². The number of anilines is 2. The lowest BCUT2D eigenvalue weighted by atomic mass is 10.1. The number of β-amino-alcohol motifs (C(OH)–C–C–N with tert-alkyl or cyclic N) is 1. The number of hydrogen-bond acceptors (Lipinski definition) is 5. The maximum atomic E-state index is 11.9. The molecule has 1 aliphatic rings. The highest BCUT2D eigenvalue weighted by Gasteiger charge is 2.26. The monoisotopic (exact) mass is 250 g/mol. The van der Waals surface area contributed by atoms with Crippen LogP contribution in [-0.4, -0.2) is 36.9 Å². The van der Waals surface area contributed by atoms with Crippen LogP contribution in [-0.2, 0) is 4.74 Å². The zero-order valence-electron chi connectivity index (χ0n) is 10.4. The van der Waals surface area contributed by atoms with E-state index in [1.807, 2.05) is 4.90 Å². The molecule has 0 aliphatic carbocycles. The van der Waals surface area contributed by atoms with Gasteiger partial charge in [0.05, 0.1) is 29.6 Å². The van der Waals surface area contributed by atoms with Crippen LogP contribution in [0.1, 0.15) is 23.7 Å². The van der Waals surface area contributed by atoms with Gasteiger partial charge in [0.1, 0.15) is 0 Å². The topological polar surface area (TPSA) is 75.8 Å². The Labute approximate surface area is 106 Å². The molecule has 0 saturated carbocycles. The minimum Gasteiger partial charge on any atom is -0.462 e. The highest BCUT2D eigenvalue weighted by molar-refractivity contribution is 5.99. The van der Waals surface area contributed by atoms with Crippen LogP contribution in [0, 0.1) is 0 Å². The van der Waals surface area contributed by atoms with Crippen molar-refractivity contribution in [1.82, 2.24) is 0 Å². The molecule has 2 rings (SSSR count). The average Bonchev–Trinajstić information content (AvgIpc) is 2.75. The quantitative estimate of drug-likeness (QED) is 0.618. The number of aliphatic hydroxyl groups excluding tert-OH is 1. The smallest absolute Gasteiger partial charge is 0.340 e. The van der Waals surface area contributed by atoms with E-state index in [9.17, 15) is 9.90 Å². The summed E-state index contributed by atoms with van der Waals surface area (Å²) in [5.41, 5.74) is 7.62. The first-order valence-corrected chi connectivity index (χ1v) is 6.12. The fraction of sp³-hybridized carbons (Fsp3) is 0.462. The van der Waals surface area contributed by atoms with Crippen molar-refractivity contribution in [2.75, 3.05) is 30.3 Å². The SMILES string of the molecule is CCOC(=O)c1cccc(N)c1N1CCC(O)C1. The number of esters is 1. The molecule has 1 saturated heterocycles. The summed E-state index contributed by atoms with van der Waals surface area (Å²) in [5.74, 6) is -0.374. The van der Waals surface area contributed by atoms with Gasteiger partial charge < -0.3 is 20.5 Å². The molecule has 0 spiro atoms. The van der Waals surface area contributed by atoms with Crippen LogP contribution in [0.2, 0.25) is 0 Å². The van der Waals surface area contributed by atoms with E-state index in [4.69, 9.17) is 10.5 Å². The molecule has 1 aromatic carbocycles. The summed E-state index contributed by atoms with van der Waals surface area (Å²) in [5, 5.41) is 9.59. The van der Waals surface area contributed by atoms with Crippen LogP contribution < -0.4 is 10.6 Å². The molecule has 18 heavy (non-hydrogen) atoms. The summed E-state index contributed by atoms with van der Waals surface area (Å²) < 4.78 is 5.03. The van der Waals surface area contributed by atoms with Gasteiger partial charge >= 0.3 is 5.97 Å². The van der Waals surface area contributed by atoms with Gasteiger partial charge in [-0.25, -0.2) is 4.79 Å². The van der Waals surface area contributed by atoms with E-state index >= 15 is 0 Å². The number of rotatable bonds is 3. The van der Waals surface area contributed by atoms with E-state index in [1.54, 1.807) is 25.1 Å². The van der Waals surface area contributed by atoms with E-state index in [2.05, 4.69) is 0 Å². The molecule has 1 aliphatic heterocycles. The summed E-state index contributed by atoms with van der Waals surface area (Å²) in [7, 11) is 0. The van der Waals surface area contributed by atoms with Crippen molar-refractivity contribution in [2.24, 2.45) is 0 Å². The van der Waals surface area contributed by atoms with Gasteiger partial charge in [-0.2, -0.15) is 0 Å². The molecule has 98 valence electrons. The molecule has 1 heterocycles. The normalized spacial score (nSPS) is 19.0. The summed E-state index contributed by atoms with van der Waals surface area (Å²) in [4.78, 5) is 13.8. The van der Waals surface area contributed by atoms with Gasteiger partial charge in [-0.05, 0) is 25.5 Å². The second-order valence-electron chi connectivity index (χ2n) is 4.35. The zero-order chi connectivity index (χ0) is 13.1. The molecule has 0 aromatic heterocycles. The van der Waals surface area contributed by atoms with Crippen molar-refractivity contribution in [3.05, 3.63) is 23.8 Å². The van der Waals surface area contributed by atoms with Gasteiger partial charge in [-0.1, -0.05) is 6.07 Å². The Hall–Kier alpha value is -1.75. The predicted octanol–water partition coefficient (Wildman–Crippen LogP) is 1.02. The van der Waals surface area contributed by atoms with Crippen LogP contribution in [0.5, 0.6) is 0 Å². The molecule has 3 N–H and O–H groups in total. The molecular weight excluding hydrogens is 232 g/mol. The minimum absolute atomic E-state index is 0.329. The number of carbonyl (C=O) groups excluding carboxylic acids is 1. The fourth-order valence-corrected chi connectivity index (χ4v) is 2.23. The number of nitrogens with two attached hydrogens (primary N) is 1. The standard InChI is InChI=1S/C13H18N2O3/c1-2-18-13(17)10-4-3-5-11(14)12(10)15-7-6-9(16)8-15/h3-5,9,16H,2,6-8,14H2,1H3. The van der Waals surface area contributed by atoms with E-state index in [0.717, 1.165) is 0 Å². The molecule has 5 heteroatoms. The predicted molar refractivity (Wildman–Crippen MR) is 69.6 cm³/mol. The molecule has 1 atom stereocenters. The van der Waals surface area contributed by atoms with Crippen molar-refractivity contribution in [1.29, 1.82) is 0 Å². The average molecular weight is 250 g/mol. The van der Waals surface area contributed by atoms with Crippen molar-refractivity contribution >= 4 is 17.3 Å². The van der Waals surface area contributed by atoms with Crippen molar-refractivity contribution < 1.29 is 14.6 Å². The Morgan fingerprint density at radius 3 is 3.00 bits per heavy atom. The number of carbonyl (C=O) groups is 1. The summed E-state index contributed by atoms with van der Waals surface area (Å²) in [6.45, 7) is 3.29. The Morgan fingerprint density at radius 1 is 1.61 bits per heavy atom. The van der Waals surface area contributed by atoms with Crippen molar-refractivity contribution in [3.63, 3.8) is 0 Å². The second kappa shape index (κ2) is 5.27. The summed E-state index contributed by atoms with van der Waals surface area (Å²) in [6, 6.07) is 5.19. The minimum atomic E-state index is -0.374. The number of nitrogens with zero attached hydrogens (tertiary/aromatic N) is 1. The van der Waals surface area contributed by atoms with E-state index in [1.165, 1.54) is 0 Å². The van der Waals surface area contributed by atoms with Gasteiger partial charge in [0, 0.05) is 13.1 Å². The summed E-state index contributed by atoms with van der Waals surface area (Å²) >= 11 is 0. The molecule has 1 unspecified atom stereocenters. The van der Waals surface area contributed by atoms with E-state index < -0.39 is 0 Å². The largest absolute Gasteiger partial charge is 0.462 e. The number of benzene rings is 1. The van der Waals surface area contributed by atoms with Gasteiger partial charge in [0.25, 0.3) is 0 Å². The van der Waals surface area contributed by atoms with Gasteiger partial charge in [-0.15, -0.1) is 0 Å². The molecule has 0 bridgehead atoms. The molecule has 5 nitrogen and oxygen atoms in total. The first-order chi connectivity index (χ1) is 8.63. The number of nitrogen functional groups attached to an aromatic ring is 1. The molecule has 1 aromatic rings. The van der Waals surface area contributed by atoms with Gasteiger partial charge in [0.2, 0.25) is 0 Å². The zero-order valence-corrected chi connectivity index (χ0v) is 10.4. The van der Waals surface area contributed by atoms with E-state index in [-0.39, 0.29) is 12.1 Å². The van der Waals surface area contributed by atoms with Crippen LogP contribution in [0.25, 0.3) is 0 Å². The van der Waals surface area contributed by atoms with Crippen LogP contribution in [0.3, 0.4) is 0 Å². The Morgan fingerprint density at radius 2 is 2.39 bits per heavy atom. The van der Waals surface area contributed by atoms with Crippen LogP contribution >= 0.6 is 0 Å². The van der Waals surface area contributed by atoms with E-state index in [0.29, 0.717) is 43.1 Å². The lowest BCUT2D eigenvalue weighted by Crippen LogP contribution is -2.25. The first kappa shape index (κ1) is 12.7. The van der Waals surface area contributed by atoms with Crippen molar-refractivity contribution in [2.45, 2.75) is 19.4 Å².